The van der Waals surface area contributed by atoms with Gasteiger partial charge in [0.1, 0.15) is 12.4 Å². The molecule has 0 aromatic heterocycles. The molecule has 0 radical (unpaired) electrons. The first kappa shape index (κ1) is 16.1. The third-order valence-electron chi connectivity index (χ3n) is 3.46. The summed E-state index contributed by atoms with van der Waals surface area (Å²) in [6.07, 6.45) is 0. The van der Waals surface area contributed by atoms with Crippen molar-refractivity contribution >= 4 is 23.2 Å². The van der Waals surface area contributed by atoms with Crippen molar-refractivity contribution in [2.24, 2.45) is 0 Å². The van der Waals surface area contributed by atoms with Gasteiger partial charge in [-0.25, -0.2) is 0 Å². The smallest absolute Gasteiger partial charge is 0.257 e. The highest BCUT2D eigenvalue weighted by Crippen LogP contribution is 2.21. The zero-order valence-electron chi connectivity index (χ0n) is 12.9. The van der Waals surface area contributed by atoms with Crippen LogP contribution in [0.5, 0.6) is 5.75 Å². The van der Waals surface area contributed by atoms with Crippen molar-refractivity contribution in [2.75, 3.05) is 5.32 Å². The van der Waals surface area contributed by atoms with Crippen LogP contribution >= 0.6 is 11.6 Å². The van der Waals surface area contributed by atoms with Gasteiger partial charge in [-0.05, 0) is 29.8 Å². The molecular formula is C20H16ClNO2. The molecule has 3 aromatic rings. The summed E-state index contributed by atoms with van der Waals surface area (Å²) < 4.78 is 5.77. The largest absolute Gasteiger partial charge is 0.489 e. The number of anilines is 1. The molecule has 0 fully saturated rings. The second-order valence-corrected chi connectivity index (χ2v) is 5.64. The molecule has 0 saturated carbocycles. The second-order valence-electron chi connectivity index (χ2n) is 5.24. The van der Waals surface area contributed by atoms with Gasteiger partial charge in [0.05, 0.1) is 10.6 Å². The number of benzene rings is 3. The highest BCUT2D eigenvalue weighted by Gasteiger charge is 2.10. The van der Waals surface area contributed by atoms with Crippen molar-refractivity contribution in [3.8, 4) is 5.75 Å². The maximum atomic E-state index is 12.3. The average molecular weight is 338 g/mol. The van der Waals surface area contributed by atoms with E-state index in [-0.39, 0.29) is 5.91 Å². The second kappa shape index (κ2) is 7.66. The molecule has 3 aromatic carbocycles. The predicted molar refractivity (Wildman–Crippen MR) is 96.6 cm³/mol. The van der Waals surface area contributed by atoms with E-state index in [4.69, 9.17) is 16.3 Å². The summed E-state index contributed by atoms with van der Waals surface area (Å²) in [4.78, 5) is 12.3. The summed E-state index contributed by atoms with van der Waals surface area (Å²) in [6.45, 7) is 0.475. The van der Waals surface area contributed by atoms with Gasteiger partial charge in [0.2, 0.25) is 0 Å². The zero-order valence-corrected chi connectivity index (χ0v) is 13.7. The molecule has 0 spiro atoms. The Morgan fingerprint density at radius 1 is 0.917 bits per heavy atom. The number of amides is 1. The van der Waals surface area contributed by atoms with E-state index in [1.165, 1.54) is 0 Å². The molecule has 1 N–H and O–H groups in total. The first-order valence-corrected chi connectivity index (χ1v) is 7.93. The van der Waals surface area contributed by atoms with Crippen LogP contribution in [0.2, 0.25) is 5.02 Å². The van der Waals surface area contributed by atoms with Crippen LogP contribution in [0.4, 0.5) is 5.69 Å². The number of halogens is 1. The third kappa shape index (κ3) is 4.15. The van der Waals surface area contributed by atoms with Crippen molar-refractivity contribution < 1.29 is 9.53 Å². The van der Waals surface area contributed by atoms with Crippen LogP contribution < -0.4 is 10.1 Å². The highest BCUT2D eigenvalue weighted by molar-refractivity contribution is 6.34. The molecule has 3 nitrogen and oxygen atoms in total. The van der Waals surface area contributed by atoms with Gasteiger partial charge in [-0.1, -0.05) is 60.1 Å². The van der Waals surface area contributed by atoms with Crippen LogP contribution in [0.1, 0.15) is 15.9 Å². The molecular weight excluding hydrogens is 322 g/mol. The number of rotatable bonds is 5. The van der Waals surface area contributed by atoms with E-state index in [1.54, 1.807) is 30.3 Å². The van der Waals surface area contributed by atoms with Crippen LogP contribution in [0.25, 0.3) is 0 Å². The molecule has 24 heavy (non-hydrogen) atoms. The van der Waals surface area contributed by atoms with Crippen LogP contribution in [0, 0.1) is 0 Å². The Labute approximate surface area is 145 Å². The van der Waals surface area contributed by atoms with Crippen molar-refractivity contribution in [1.82, 2.24) is 0 Å². The molecule has 0 aliphatic carbocycles. The highest BCUT2D eigenvalue weighted by atomic mass is 35.5. The number of ether oxygens (including phenoxy) is 1. The summed E-state index contributed by atoms with van der Waals surface area (Å²) in [6, 6.07) is 24.2. The molecule has 0 aliphatic heterocycles. The first-order chi connectivity index (χ1) is 11.7. The van der Waals surface area contributed by atoms with E-state index in [1.807, 2.05) is 48.5 Å². The lowest BCUT2D eigenvalue weighted by Crippen LogP contribution is -2.12. The third-order valence-corrected chi connectivity index (χ3v) is 3.79. The number of hydrogen-bond donors (Lipinski definition) is 1. The molecule has 0 unspecified atom stereocenters. The van der Waals surface area contributed by atoms with E-state index in [2.05, 4.69) is 5.32 Å². The Kier molecular flexibility index (Phi) is 5.14. The van der Waals surface area contributed by atoms with Crippen molar-refractivity contribution in [3.63, 3.8) is 0 Å². The van der Waals surface area contributed by atoms with Gasteiger partial charge in [0, 0.05) is 11.8 Å². The van der Waals surface area contributed by atoms with E-state index in [0.717, 1.165) is 5.56 Å². The lowest BCUT2D eigenvalue weighted by Gasteiger charge is -2.10. The van der Waals surface area contributed by atoms with Gasteiger partial charge in [-0.2, -0.15) is 0 Å². The van der Waals surface area contributed by atoms with E-state index in [9.17, 15) is 4.79 Å². The average Bonchev–Trinajstić information content (AvgIpc) is 2.61. The fourth-order valence-corrected chi connectivity index (χ4v) is 2.47. The summed E-state index contributed by atoms with van der Waals surface area (Å²) in [7, 11) is 0. The molecule has 120 valence electrons. The molecule has 0 saturated heterocycles. The summed E-state index contributed by atoms with van der Waals surface area (Å²) in [5.74, 6) is 0.441. The minimum absolute atomic E-state index is 0.249. The number of hydrogen-bond acceptors (Lipinski definition) is 2. The Bertz CT molecular complexity index is 834. The normalized spacial score (nSPS) is 10.2. The Balaban J connectivity index is 1.67. The summed E-state index contributed by atoms with van der Waals surface area (Å²) in [5, 5.41) is 3.26. The predicted octanol–water partition coefficient (Wildman–Crippen LogP) is 5.17. The lowest BCUT2D eigenvalue weighted by atomic mass is 10.2. The topological polar surface area (TPSA) is 38.3 Å². The molecule has 0 aliphatic rings. The Hall–Kier alpha value is -2.78. The zero-order chi connectivity index (χ0) is 16.8. The molecule has 3 rings (SSSR count). The van der Waals surface area contributed by atoms with Gasteiger partial charge < -0.3 is 10.1 Å². The van der Waals surface area contributed by atoms with Gasteiger partial charge >= 0.3 is 0 Å². The quantitative estimate of drug-likeness (QED) is 0.697. The fourth-order valence-electron chi connectivity index (χ4n) is 2.25. The van der Waals surface area contributed by atoms with Crippen LogP contribution in [-0.2, 0) is 6.61 Å². The monoisotopic (exact) mass is 337 g/mol. The standard InChI is InChI=1S/C20H16ClNO2/c21-19-12-5-4-11-18(19)20(23)22-16-9-6-10-17(13-16)24-14-15-7-2-1-3-8-15/h1-13H,14H2,(H,22,23). The molecule has 0 heterocycles. The van der Waals surface area contributed by atoms with Gasteiger partial charge in [0.25, 0.3) is 5.91 Å². The van der Waals surface area contributed by atoms with Gasteiger partial charge in [0.15, 0.2) is 0 Å². The summed E-state index contributed by atoms with van der Waals surface area (Å²) >= 11 is 6.05. The van der Waals surface area contributed by atoms with Gasteiger partial charge in [-0.15, -0.1) is 0 Å². The first-order valence-electron chi connectivity index (χ1n) is 7.55. The minimum atomic E-state index is -0.249. The van der Waals surface area contributed by atoms with Crippen molar-refractivity contribution in [3.05, 3.63) is 95.0 Å². The van der Waals surface area contributed by atoms with Crippen molar-refractivity contribution in [2.45, 2.75) is 6.61 Å². The van der Waals surface area contributed by atoms with Crippen LogP contribution in [0.15, 0.2) is 78.9 Å². The maximum absolute atomic E-state index is 12.3. The lowest BCUT2D eigenvalue weighted by molar-refractivity contribution is 0.102. The van der Waals surface area contributed by atoms with Gasteiger partial charge in [-0.3, -0.25) is 4.79 Å². The van der Waals surface area contributed by atoms with E-state index in [0.29, 0.717) is 28.6 Å². The van der Waals surface area contributed by atoms with Crippen LogP contribution in [0.3, 0.4) is 0 Å². The SMILES string of the molecule is O=C(Nc1cccc(OCc2ccccc2)c1)c1ccccc1Cl. The number of carbonyl (C=O) groups excluding carboxylic acids is 1. The number of nitrogens with one attached hydrogen (secondary N) is 1. The number of carbonyl (C=O) groups is 1. The fraction of sp³-hybridized carbons (Fsp3) is 0.0500. The molecule has 1 amide bonds. The van der Waals surface area contributed by atoms with Crippen LogP contribution in [-0.4, -0.2) is 5.91 Å². The molecule has 4 heteroatoms. The summed E-state index contributed by atoms with van der Waals surface area (Å²) in [5.41, 5.74) is 2.18. The van der Waals surface area contributed by atoms with E-state index < -0.39 is 0 Å². The minimum Gasteiger partial charge on any atom is -0.489 e. The maximum Gasteiger partial charge on any atom is 0.257 e. The van der Waals surface area contributed by atoms with E-state index >= 15 is 0 Å². The van der Waals surface area contributed by atoms with Crippen molar-refractivity contribution in [1.29, 1.82) is 0 Å². The molecule has 0 bridgehead atoms. The molecule has 0 atom stereocenters. The Morgan fingerprint density at radius 3 is 2.46 bits per heavy atom. The Morgan fingerprint density at radius 2 is 1.67 bits per heavy atom.